The molecule has 4 aromatic carbocycles. The van der Waals surface area contributed by atoms with Gasteiger partial charge < -0.3 is 10.2 Å². The molecule has 142 valence electrons. The van der Waals surface area contributed by atoms with Gasteiger partial charge in [-0.2, -0.15) is 0 Å². The maximum Gasteiger partial charge on any atom is 0.102 e. The Hall–Kier alpha value is -2.94. The number of rotatable bonds is 3. The monoisotopic (exact) mass is 370 g/mol. The molecular formula is C26H26O2. The molecule has 0 aliphatic rings. The zero-order chi connectivity index (χ0) is 20.1. The maximum absolute atomic E-state index is 9.49. The highest BCUT2D eigenvalue weighted by Crippen LogP contribution is 2.21. The Bertz CT molecular complexity index is 1110. The molecule has 0 aromatic heterocycles. The number of aliphatic hydroxyl groups excluding tert-OH is 2. The summed E-state index contributed by atoms with van der Waals surface area (Å²) in [7, 11) is 0. The third kappa shape index (κ3) is 4.66. The van der Waals surface area contributed by atoms with E-state index in [9.17, 15) is 5.11 Å². The summed E-state index contributed by atoms with van der Waals surface area (Å²) in [5, 5.41) is 23.2. The largest absolute Gasteiger partial charge is 0.393 e. The van der Waals surface area contributed by atoms with E-state index in [4.69, 9.17) is 5.11 Å². The summed E-state index contributed by atoms with van der Waals surface area (Å²) < 4.78 is 0. The quantitative estimate of drug-likeness (QED) is 0.467. The lowest BCUT2D eigenvalue weighted by atomic mass is 10.0. The van der Waals surface area contributed by atoms with Crippen LogP contribution >= 0.6 is 0 Å². The van der Waals surface area contributed by atoms with Crippen molar-refractivity contribution in [3.05, 3.63) is 102 Å². The van der Waals surface area contributed by atoms with Gasteiger partial charge in [-0.15, -0.1) is 0 Å². The molecule has 0 saturated carbocycles. The molecule has 0 amide bonds. The smallest absolute Gasteiger partial charge is 0.102 e. The number of aliphatic hydroxyl groups is 2. The highest BCUT2D eigenvalue weighted by molar-refractivity contribution is 5.85. The summed E-state index contributed by atoms with van der Waals surface area (Å²) in [6.45, 7) is 7.68. The van der Waals surface area contributed by atoms with Gasteiger partial charge in [-0.05, 0) is 58.7 Å². The summed E-state index contributed by atoms with van der Waals surface area (Å²) >= 11 is 0. The summed E-state index contributed by atoms with van der Waals surface area (Å²) in [5.41, 5.74) is 4.46. The molecule has 4 rings (SSSR count). The summed E-state index contributed by atoms with van der Waals surface area (Å²) in [6, 6.07) is 24.8. The Balaban J connectivity index is 0.000000162. The fourth-order valence-corrected chi connectivity index (χ4v) is 3.21. The second-order valence-corrected chi connectivity index (χ2v) is 7.12. The zero-order valence-corrected chi connectivity index (χ0v) is 16.4. The minimum absolute atomic E-state index is 0.239. The molecule has 1 unspecified atom stereocenters. The number of hydrogen-bond acceptors (Lipinski definition) is 2. The Kier molecular flexibility index (Phi) is 6.25. The predicted molar refractivity (Wildman–Crippen MR) is 120 cm³/mol. The molecule has 2 N–H and O–H groups in total. The van der Waals surface area contributed by atoms with Gasteiger partial charge in [0.05, 0.1) is 6.61 Å². The topological polar surface area (TPSA) is 40.5 Å². The van der Waals surface area contributed by atoms with Crippen LogP contribution in [0.3, 0.4) is 0 Å². The van der Waals surface area contributed by atoms with Gasteiger partial charge in [0.25, 0.3) is 0 Å². The van der Waals surface area contributed by atoms with Crippen LogP contribution in [0, 0.1) is 13.8 Å². The van der Waals surface area contributed by atoms with Crippen LogP contribution in [0.2, 0.25) is 0 Å². The lowest BCUT2D eigenvalue weighted by molar-refractivity contribution is 0.0957. The Labute approximate surface area is 166 Å². The maximum atomic E-state index is 9.49. The van der Waals surface area contributed by atoms with Gasteiger partial charge in [0.1, 0.15) is 6.10 Å². The second kappa shape index (κ2) is 8.83. The van der Waals surface area contributed by atoms with E-state index in [-0.39, 0.29) is 6.61 Å². The van der Waals surface area contributed by atoms with Crippen LogP contribution in [-0.4, -0.2) is 16.8 Å². The lowest BCUT2D eigenvalue weighted by Gasteiger charge is -2.08. The molecule has 4 aromatic rings. The Morgan fingerprint density at radius 3 is 1.82 bits per heavy atom. The van der Waals surface area contributed by atoms with Crippen molar-refractivity contribution < 1.29 is 10.2 Å². The van der Waals surface area contributed by atoms with Crippen LogP contribution in [0.4, 0.5) is 0 Å². The molecule has 0 aliphatic heterocycles. The average molecular weight is 370 g/mol. The molecule has 2 nitrogen and oxygen atoms in total. The van der Waals surface area contributed by atoms with Crippen molar-refractivity contribution in [3.63, 3.8) is 0 Å². The summed E-state index contributed by atoms with van der Waals surface area (Å²) in [6.07, 6.45) is 1.09. The number of aryl methyl sites for hydroxylation is 2. The highest BCUT2D eigenvalue weighted by atomic mass is 16.3. The molecule has 0 heterocycles. The Morgan fingerprint density at radius 1 is 0.750 bits per heavy atom. The van der Waals surface area contributed by atoms with Gasteiger partial charge in [-0.3, -0.25) is 0 Å². The van der Waals surface area contributed by atoms with Gasteiger partial charge in [-0.25, -0.2) is 0 Å². The molecule has 28 heavy (non-hydrogen) atoms. The molecule has 0 aliphatic carbocycles. The fourth-order valence-electron chi connectivity index (χ4n) is 3.21. The van der Waals surface area contributed by atoms with Crippen molar-refractivity contribution in [1.29, 1.82) is 0 Å². The summed E-state index contributed by atoms with van der Waals surface area (Å²) in [5.74, 6) is 0. The van der Waals surface area contributed by atoms with Crippen molar-refractivity contribution in [2.45, 2.75) is 20.0 Å². The first-order valence-corrected chi connectivity index (χ1v) is 9.42. The minimum atomic E-state index is -0.782. The third-order valence-electron chi connectivity index (χ3n) is 4.83. The molecule has 0 fully saturated rings. The molecular weight excluding hydrogens is 344 g/mol. The SMILES string of the molecule is C=Cc1ccc2cc(C)ccc2c1.Cc1ccc2cc(C(O)CO)ccc2c1. The lowest BCUT2D eigenvalue weighted by Crippen LogP contribution is -2.01. The highest BCUT2D eigenvalue weighted by Gasteiger charge is 2.05. The number of benzene rings is 4. The van der Waals surface area contributed by atoms with E-state index < -0.39 is 6.10 Å². The predicted octanol–water partition coefficient (Wildman–Crippen LogP) is 5.97. The van der Waals surface area contributed by atoms with E-state index in [1.165, 1.54) is 27.5 Å². The first-order chi connectivity index (χ1) is 13.5. The van der Waals surface area contributed by atoms with E-state index >= 15 is 0 Å². The molecule has 0 bridgehead atoms. The van der Waals surface area contributed by atoms with Crippen molar-refractivity contribution in [2.75, 3.05) is 6.61 Å². The second-order valence-electron chi connectivity index (χ2n) is 7.12. The van der Waals surface area contributed by atoms with Crippen molar-refractivity contribution >= 4 is 27.6 Å². The van der Waals surface area contributed by atoms with Gasteiger partial charge >= 0.3 is 0 Å². The molecule has 0 spiro atoms. The third-order valence-corrected chi connectivity index (χ3v) is 4.83. The van der Waals surface area contributed by atoms with Gasteiger partial charge in [0.15, 0.2) is 0 Å². The number of hydrogen-bond donors (Lipinski definition) is 2. The fraction of sp³-hybridized carbons (Fsp3) is 0.154. The van der Waals surface area contributed by atoms with Crippen LogP contribution in [0.15, 0.2) is 79.4 Å². The van der Waals surface area contributed by atoms with E-state index in [0.29, 0.717) is 0 Å². The van der Waals surface area contributed by atoms with Crippen LogP contribution in [0.25, 0.3) is 27.6 Å². The van der Waals surface area contributed by atoms with Gasteiger partial charge in [-0.1, -0.05) is 84.4 Å². The molecule has 1 atom stereocenters. The number of fused-ring (bicyclic) bond motifs is 2. The van der Waals surface area contributed by atoms with Gasteiger partial charge in [0, 0.05) is 0 Å². The van der Waals surface area contributed by atoms with Gasteiger partial charge in [0.2, 0.25) is 0 Å². The average Bonchev–Trinajstić information content (AvgIpc) is 2.72. The van der Waals surface area contributed by atoms with E-state index in [1.54, 1.807) is 0 Å². The van der Waals surface area contributed by atoms with Crippen LogP contribution in [-0.2, 0) is 0 Å². The molecule has 2 heteroatoms. The molecule has 0 saturated heterocycles. The van der Waals surface area contributed by atoms with Crippen molar-refractivity contribution in [3.8, 4) is 0 Å². The summed E-state index contributed by atoms with van der Waals surface area (Å²) in [4.78, 5) is 0. The van der Waals surface area contributed by atoms with Crippen molar-refractivity contribution in [2.24, 2.45) is 0 Å². The van der Waals surface area contributed by atoms with Crippen LogP contribution in [0.1, 0.15) is 28.4 Å². The van der Waals surface area contributed by atoms with Crippen LogP contribution in [0.5, 0.6) is 0 Å². The first kappa shape index (κ1) is 19.8. The zero-order valence-electron chi connectivity index (χ0n) is 16.4. The normalized spacial score (nSPS) is 11.7. The standard InChI is InChI=1S/C13H14O2.C13H12/c1-9-2-3-11-7-12(13(15)8-14)5-4-10(11)6-9;1-3-11-5-7-12-8-10(2)4-6-13(12)9-11/h2-7,13-15H,8H2,1H3;3-9H,1H2,2H3. The molecule has 0 radical (unpaired) electrons. The minimum Gasteiger partial charge on any atom is -0.393 e. The first-order valence-electron chi connectivity index (χ1n) is 9.42. The van der Waals surface area contributed by atoms with Crippen LogP contribution < -0.4 is 0 Å². The Morgan fingerprint density at radius 2 is 1.25 bits per heavy atom. The van der Waals surface area contributed by atoms with E-state index in [1.807, 2.05) is 36.4 Å². The van der Waals surface area contributed by atoms with Crippen molar-refractivity contribution in [1.82, 2.24) is 0 Å². The van der Waals surface area contributed by atoms with E-state index in [2.05, 4.69) is 62.9 Å². The van der Waals surface area contributed by atoms with E-state index in [0.717, 1.165) is 16.3 Å².